The van der Waals surface area contributed by atoms with Crippen LogP contribution in [0.1, 0.15) is 13.3 Å². The number of hydrogen-bond acceptors (Lipinski definition) is 6. The number of aliphatic imine (C=N–C) groups is 1. The number of nitrogens with zero attached hydrogens (tertiary/aromatic N) is 2. The van der Waals surface area contributed by atoms with Gasteiger partial charge < -0.3 is 15.1 Å². The summed E-state index contributed by atoms with van der Waals surface area (Å²) in [6.07, 6.45) is -0.307. The van der Waals surface area contributed by atoms with Crippen LogP contribution in [0.2, 0.25) is 0 Å². The molecule has 0 saturated heterocycles. The van der Waals surface area contributed by atoms with E-state index in [2.05, 4.69) is 4.99 Å². The summed E-state index contributed by atoms with van der Waals surface area (Å²) in [5.41, 5.74) is 0. The Kier molecular flexibility index (Phi) is 4.61. The predicted molar refractivity (Wildman–Crippen MR) is 60.1 cm³/mol. The van der Waals surface area contributed by atoms with Gasteiger partial charge in [0.1, 0.15) is 11.6 Å². The molecule has 0 saturated carbocycles. The Bertz CT molecular complexity index is 436. The highest BCUT2D eigenvalue weighted by atomic mass is 31.1. The minimum Gasteiger partial charge on any atom is -0.481 e. The molecule has 2 N–H and O–H groups in total. The molecule has 1 unspecified atom stereocenters. The molecule has 8 nitrogen and oxygen atoms in total. The summed E-state index contributed by atoms with van der Waals surface area (Å²) < 4.78 is 21.8. The fourth-order valence-corrected chi connectivity index (χ4v) is 2.14. The summed E-state index contributed by atoms with van der Waals surface area (Å²) in [7, 11) is -2.70. The summed E-state index contributed by atoms with van der Waals surface area (Å²) in [6, 6.07) is 0. The Labute approximate surface area is 103 Å². The van der Waals surface area contributed by atoms with E-state index in [4.69, 9.17) is 10.2 Å². The lowest BCUT2D eigenvalue weighted by atomic mass is 10.1. The quantitative estimate of drug-likeness (QED) is 0.531. The molecule has 1 atom stereocenters. The van der Waals surface area contributed by atoms with E-state index in [1.807, 2.05) is 0 Å². The molecule has 0 amide bonds. The average Bonchev–Trinajstić information content (AvgIpc) is 2.71. The van der Waals surface area contributed by atoms with Crippen molar-refractivity contribution in [2.75, 3.05) is 13.1 Å². The third kappa shape index (κ3) is 3.16. The van der Waals surface area contributed by atoms with Crippen molar-refractivity contribution >= 4 is 25.5 Å². The van der Waals surface area contributed by atoms with E-state index in [0.29, 0.717) is 13.1 Å². The molecular formula is C9H13N2O6P. The molecule has 0 fully saturated rings. The number of amidine groups is 1. The average molecular weight is 276 g/mol. The zero-order valence-electron chi connectivity index (χ0n) is 9.65. The van der Waals surface area contributed by atoms with Crippen molar-refractivity contribution in [2.45, 2.75) is 19.1 Å². The molecule has 0 radical (unpaired) electrons. The number of rotatable bonds is 6. The monoisotopic (exact) mass is 276 g/mol. The van der Waals surface area contributed by atoms with Crippen LogP contribution in [0.25, 0.3) is 0 Å². The van der Waals surface area contributed by atoms with E-state index in [-0.39, 0.29) is 12.3 Å². The van der Waals surface area contributed by atoms with E-state index in [9.17, 15) is 18.7 Å². The highest BCUT2D eigenvalue weighted by molar-refractivity contribution is 7.31. The number of carboxylic acids is 2. The molecule has 9 heteroatoms. The summed E-state index contributed by atoms with van der Waals surface area (Å²) in [4.78, 5) is 26.9. The molecule has 0 bridgehead atoms. The van der Waals surface area contributed by atoms with Crippen molar-refractivity contribution < 1.29 is 28.9 Å². The van der Waals surface area contributed by atoms with Crippen LogP contribution >= 0.6 is 7.68 Å². The summed E-state index contributed by atoms with van der Waals surface area (Å²) >= 11 is 0. The largest absolute Gasteiger partial charge is 0.481 e. The Morgan fingerprint density at radius 1 is 1.39 bits per heavy atom. The first kappa shape index (κ1) is 14.4. The highest BCUT2D eigenvalue weighted by Gasteiger charge is 2.33. The second kappa shape index (κ2) is 5.77. The molecule has 0 spiro atoms. The van der Waals surface area contributed by atoms with Crippen LogP contribution in [0.3, 0.4) is 0 Å². The third-order valence-corrected chi connectivity index (χ3v) is 3.59. The molecule has 0 aromatic rings. The Hall–Kier alpha value is -1.69. The number of carboxylic acid groups (broad SMARTS) is 2. The smallest absolute Gasteiger partial charge is 0.338 e. The number of aliphatic carboxylic acids is 2. The molecule has 0 aromatic heterocycles. The van der Waals surface area contributed by atoms with Crippen molar-refractivity contribution in [2.24, 2.45) is 10.9 Å². The van der Waals surface area contributed by atoms with Gasteiger partial charge in [0.25, 0.3) is 0 Å². The maximum Gasteiger partial charge on any atom is 0.338 e. The van der Waals surface area contributed by atoms with Crippen LogP contribution in [0.15, 0.2) is 4.99 Å². The minimum absolute atomic E-state index is 0.219. The predicted octanol–water partition coefficient (Wildman–Crippen LogP) is 0.395. The van der Waals surface area contributed by atoms with Gasteiger partial charge >= 0.3 is 19.6 Å². The molecule has 1 rings (SSSR count). The van der Waals surface area contributed by atoms with Gasteiger partial charge in [-0.3, -0.25) is 14.6 Å². The standard InChI is InChI=1S/C9H13N2O6P/c1-5(18(16)17)11-3-2-10-7(11)4-6(8(12)13)9(14)15/h5-6H,2-4H2,1H3,(H,12,13)(H,14,15). The van der Waals surface area contributed by atoms with Crippen LogP contribution in [-0.4, -0.2) is 51.8 Å². The van der Waals surface area contributed by atoms with Gasteiger partial charge in [0.05, 0.1) is 6.54 Å². The number of hydrogen-bond donors (Lipinski definition) is 2. The van der Waals surface area contributed by atoms with Crippen molar-refractivity contribution in [1.82, 2.24) is 4.90 Å². The molecule has 0 aliphatic carbocycles. The normalized spacial score (nSPS) is 16.6. The van der Waals surface area contributed by atoms with E-state index in [1.165, 1.54) is 11.8 Å². The van der Waals surface area contributed by atoms with Crippen LogP contribution in [0.5, 0.6) is 0 Å². The first-order valence-corrected chi connectivity index (χ1v) is 6.48. The molecule has 1 aliphatic heterocycles. The molecule has 100 valence electrons. The van der Waals surface area contributed by atoms with Gasteiger partial charge in [-0.15, -0.1) is 0 Å². The Morgan fingerprint density at radius 3 is 2.39 bits per heavy atom. The second-order valence-corrected chi connectivity index (χ2v) is 5.16. The fraction of sp³-hybridized carbons (Fsp3) is 0.667. The molecule has 1 heterocycles. The van der Waals surface area contributed by atoms with E-state index < -0.39 is 31.3 Å². The molecular weight excluding hydrogens is 263 g/mol. The lowest BCUT2D eigenvalue weighted by molar-refractivity contribution is -0.154. The summed E-state index contributed by atoms with van der Waals surface area (Å²) in [5.74, 6) is -5.13. The molecule has 0 aromatic carbocycles. The van der Waals surface area contributed by atoms with Crippen LogP contribution < -0.4 is 0 Å². The van der Waals surface area contributed by atoms with Gasteiger partial charge in [-0.2, -0.15) is 0 Å². The first-order valence-electron chi connectivity index (χ1n) is 5.23. The zero-order valence-corrected chi connectivity index (χ0v) is 10.5. The van der Waals surface area contributed by atoms with Gasteiger partial charge in [0, 0.05) is 13.0 Å². The SMILES string of the molecule is CC(N1CCN=C1CC(C(=O)O)C(=O)O)P(=O)=O. The van der Waals surface area contributed by atoms with Crippen molar-refractivity contribution in [3.05, 3.63) is 0 Å². The fourth-order valence-electron chi connectivity index (χ4n) is 1.67. The van der Waals surface area contributed by atoms with Gasteiger partial charge in [-0.25, -0.2) is 9.13 Å². The maximum absolute atomic E-state index is 10.9. The maximum atomic E-state index is 10.9. The topological polar surface area (TPSA) is 124 Å². The highest BCUT2D eigenvalue weighted by Crippen LogP contribution is 2.23. The molecule has 18 heavy (non-hydrogen) atoms. The van der Waals surface area contributed by atoms with E-state index in [0.717, 1.165) is 0 Å². The van der Waals surface area contributed by atoms with Crippen LogP contribution in [0.4, 0.5) is 0 Å². The van der Waals surface area contributed by atoms with Gasteiger partial charge in [-0.05, 0) is 6.92 Å². The lowest BCUT2D eigenvalue weighted by Gasteiger charge is -2.23. The molecule has 1 aliphatic rings. The van der Waals surface area contributed by atoms with E-state index in [1.54, 1.807) is 0 Å². The van der Waals surface area contributed by atoms with Gasteiger partial charge in [-0.1, -0.05) is 0 Å². The third-order valence-electron chi connectivity index (χ3n) is 2.71. The minimum atomic E-state index is -2.70. The summed E-state index contributed by atoms with van der Waals surface area (Å²) in [6.45, 7) is 2.14. The van der Waals surface area contributed by atoms with Gasteiger partial charge in [0.15, 0.2) is 5.92 Å². The van der Waals surface area contributed by atoms with E-state index >= 15 is 0 Å². The Morgan fingerprint density at radius 2 is 1.94 bits per heavy atom. The summed E-state index contributed by atoms with van der Waals surface area (Å²) in [5, 5.41) is 17.5. The van der Waals surface area contributed by atoms with Gasteiger partial charge in [0.2, 0.25) is 0 Å². The Balaban J connectivity index is 2.82. The van der Waals surface area contributed by atoms with Crippen molar-refractivity contribution in [3.63, 3.8) is 0 Å². The van der Waals surface area contributed by atoms with Crippen molar-refractivity contribution in [3.8, 4) is 0 Å². The second-order valence-electron chi connectivity index (χ2n) is 3.84. The van der Waals surface area contributed by atoms with Crippen LogP contribution in [-0.2, 0) is 18.7 Å². The first-order chi connectivity index (χ1) is 8.34. The number of carbonyl (C=O) groups is 2. The van der Waals surface area contributed by atoms with Crippen LogP contribution in [0, 0.1) is 5.92 Å². The van der Waals surface area contributed by atoms with Crippen molar-refractivity contribution in [1.29, 1.82) is 0 Å². The zero-order chi connectivity index (χ0) is 13.9. The lowest BCUT2D eigenvalue weighted by Crippen LogP contribution is -2.37.